The van der Waals surface area contributed by atoms with Crippen molar-refractivity contribution in [3.05, 3.63) is 44.2 Å². The average Bonchev–Trinajstić information content (AvgIpc) is 2.77. The van der Waals surface area contributed by atoms with Crippen LogP contribution in [0.4, 0.5) is 23.0 Å². The molecule has 3 rings (SSSR count). The summed E-state index contributed by atoms with van der Waals surface area (Å²) in [5.74, 6) is -2.13. The number of aromatic hydroxyl groups is 1. The van der Waals surface area contributed by atoms with Gasteiger partial charge in [0.25, 0.3) is 21.6 Å². The molecule has 6 N–H and O–H groups in total. The van der Waals surface area contributed by atoms with E-state index in [0.717, 1.165) is 10.6 Å². The SMILES string of the molecule is CCn1c(O)c(/N=N/c2cc(Nc3nc(Cl)nc(Cl)n3)c(S(=O)O)cc2S(=O)(=O)O)c(C)c(C(N)=O)c1=O. The van der Waals surface area contributed by atoms with Gasteiger partial charge in [0.1, 0.15) is 21.8 Å². The predicted molar refractivity (Wildman–Crippen MR) is 134 cm³/mol. The van der Waals surface area contributed by atoms with Crippen molar-refractivity contribution in [2.24, 2.45) is 16.0 Å². The Morgan fingerprint density at radius 3 is 2.32 bits per heavy atom. The van der Waals surface area contributed by atoms with Crippen LogP contribution in [-0.4, -0.2) is 52.3 Å². The third kappa shape index (κ3) is 5.95. The van der Waals surface area contributed by atoms with E-state index in [4.69, 9.17) is 28.9 Å². The highest BCUT2D eigenvalue weighted by Gasteiger charge is 2.24. The Kier molecular flexibility index (Phi) is 8.44. The zero-order valence-corrected chi connectivity index (χ0v) is 22.2. The first-order chi connectivity index (χ1) is 17.6. The molecular weight excluding hydrogens is 591 g/mol. The summed E-state index contributed by atoms with van der Waals surface area (Å²) in [6.45, 7) is 2.65. The van der Waals surface area contributed by atoms with Crippen LogP contribution in [0.2, 0.25) is 10.6 Å². The van der Waals surface area contributed by atoms with Gasteiger partial charge in [-0.2, -0.15) is 23.4 Å². The maximum absolute atomic E-state index is 12.5. The molecule has 0 saturated heterocycles. The number of carbonyl (C=O) groups excluding carboxylic acids is 1. The minimum Gasteiger partial charge on any atom is -0.493 e. The fourth-order valence-corrected chi connectivity index (χ4v) is 4.78. The molecule has 0 aliphatic carbocycles. The molecular formula is C18H16Cl2N8O8S2. The summed E-state index contributed by atoms with van der Waals surface area (Å²) in [6, 6.07) is 1.51. The lowest BCUT2D eigenvalue weighted by molar-refractivity contribution is 0.0997. The third-order valence-electron chi connectivity index (χ3n) is 4.83. The normalized spacial score (nSPS) is 12.6. The number of hydrogen-bond acceptors (Lipinski definition) is 12. The van der Waals surface area contributed by atoms with Crippen molar-refractivity contribution in [2.45, 2.75) is 30.2 Å². The van der Waals surface area contributed by atoms with Crippen molar-refractivity contribution in [1.29, 1.82) is 0 Å². The van der Waals surface area contributed by atoms with Gasteiger partial charge < -0.3 is 20.7 Å². The Labute approximate surface area is 225 Å². The number of nitrogens with two attached hydrogens (primary N) is 1. The number of nitrogens with zero attached hydrogens (tertiary/aromatic N) is 6. The van der Waals surface area contributed by atoms with E-state index in [2.05, 4.69) is 30.5 Å². The van der Waals surface area contributed by atoms with Crippen molar-refractivity contribution >= 4 is 73.3 Å². The Morgan fingerprint density at radius 2 is 1.82 bits per heavy atom. The molecule has 16 nitrogen and oxygen atoms in total. The van der Waals surface area contributed by atoms with Gasteiger partial charge in [0.2, 0.25) is 22.4 Å². The fraction of sp³-hybridized carbons (Fsp3) is 0.167. The number of anilines is 2. The molecule has 0 aliphatic heterocycles. The van der Waals surface area contributed by atoms with Gasteiger partial charge in [0.15, 0.2) is 11.1 Å². The molecule has 38 heavy (non-hydrogen) atoms. The van der Waals surface area contributed by atoms with Crippen LogP contribution in [0.3, 0.4) is 0 Å². The highest BCUT2D eigenvalue weighted by atomic mass is 35.5. The zero-order chi connectivity index (χ0) is 28.5. The second kappa shape index (κ2) is 11.1. The molecule has 1 atom stereocenters. The van der Waals surface area contributed by atoms with Crippen LogP contribution in [-0.2, 0) is 27.7 Å². The Hall–Kier alpha value is -3.55. The number of aromatic nitrogens is 4. The summed E-state index contributed by atoms with van der Waals surface area (Å²) in [5, 5.41) is 19.9. The van der Waals surface area contributed by atoms with Crippen LogP contribution in [0.1, 0.15) is 22.8 Å². The largest absolute Gasteiger partial charge is 0.493 e. The van der Waals surface area contributed by atoms with E-state index in [1.807, 2.05) is 0 Å². The van der Waals surface area contributed by atoms with Gasteiger partial charge in [-0.15, -0.1) is 10.2 Å². The van der Waals surface area contributed by atoms with Crippen molar-refractivity contribution < 1.29 is 31.6 Å². The van der Waals surface area contributed by atoms with Crippen LogP contribution in [0, 0.1) is 6.92 Å². The number of benzene rings is 1. The van der Waals surface area contributed by atoms with Crippen LogP contribution in [0.5, 0.6) is 5.88 Å². The molecule has 2 aromatic heterocycles. The summed E-state index contributed by atoms with van der Waals surface area (Å²) in [6.07, 6.45) is 0. The number of rotatable bonds is 8. The summed E-state index contributed by atoms with van der Waals surface area (Å²) < 4.78 is 56.2. The van der Waals surface area contributed by atoms with Crippen LogP contribution in [0.15, 0.2) is 36.9 Å². The van der Waals surface area contributed by atoms with Gasteiger partial charge in [-0.05, 0) is 49.2 Å². The minimum atomic E-state index is -5.06. The van der Waals surface area contributed by atoms with E-state index < -0.39 is 65.3 Å². The first-order valence-electron chi connectivity index (χ1n) is 9.94. The van der Waals surface area contributed by atoms with Crippen LogP contribution >= 0.6 is 23.2 Å². The van der Waals surface area contributed by atoms with Gasteiger partial charge in [-0.1, -0.05) is 0 Å². The lowest BCUT2D eigenvalue weighted by atomic mass is 10.1. The molecule has 0 spiro atoms. The number of azo groups is 1. The molecule has 0 saturated carbocycles. The monoisotopic (exact) mass is 606 g/mol. The molecule has 202 valence electrons. The van der Waals surface area contributed by atoms with Gasteiger partial charge in [-0.3, -0.25) is 18.7 Å². The number of amides is 1. The summed E-state index contributed by atoms with van der Waals surface area (Å²) in [4.78, 5) is 33.8. The molecule has 0 radical (unpaired) electrons. The molecule has 0 fully saturated rings. The molecule has 0 bridgehead atoms. The van der Waals surface area contributed by atoms with Gasteiger partial charge in [0.05, 0.1) is 10.6 Å². The van der Waals surface area contributed by atoms with Crippen LogP contribution < -0.4 is 16.6 Å². The van der Waals surface area contributed by atoms with E-state index in [-0.39, 0.29) is 34.3 Å². The first-order valence-corrected chi connectivity index (χ1v) is 13.2. The molecule has 2 heterocycles. The maximum atomic E-state index is 12.5. The van der Waals surface area contributed by atoms with Crippen molar-refractivity contribution in [3.63, 3.8) is 0 Å². The Bertz CT molecular complexity index is 1670. The molecule has 1 aromatic carbocycles. The standard InChI is InChI=1S/C18H16Cl2N8O8S2/c1-3-28-14(30)11(13(21)29)6(2)12(15(28)31)27-26-8-4-7(22-18-24-16(19)23-17(20)25-18)9(37(32)33)5-10(8)38(34,35)36/h4-5,31H,3H2,1-2H3,(H2,21,29)(H,32,33)(H,34,35,36)(H,22,23,24,25)/b27-26+. The van der Waals surface area contributed by atoms with E-state index in [1.165, 1.54) is 13.8 Å². The van der Waals surface area contributed by atoms with Crippen LogP contribution in [0.25, 0.3) is 0 Å². The number of carbonyl (C=O) groups is 1. The molecule has 1 amide bonds. The van der Waals surface area contributed by atoms with E-state index >= 15 is 0 Å². The van der Waals surface area contributed by atoms with Gasteiger partial charge in [-0.25, -0.2) is 4.21 Å². The fourth-order valence-electron chi connectivity index (χ4n) is 3.19. The van der Waals surface area contributed by atoms with E-state index in [0.29, 0.717) is 6.07 Å². The highest BCUT2D eigenvalue weighted by molar-refractivity contribution is 7.86. The minimum absolute atomic E-state index is 0.0911. The number of pyridine rings is 1. The van der Waals surface area contributed by atoms with Crippen molar-refractivity contribution in [1.82, 2.24) is 19.5 Å². The average molecular weight is 607 g/mol. The number of halogens is 2. The smallest absolute Gasteiger partial charge is 0.296 e. The summed E-state index contributed by atoms with van der Waals surface area (Å²) >= 11 is 8.64. The lowest BCUT2D eigenvalue weighted by Crippen LogP contribution is -2.30. The second-order valence-corrected chi connectivity index (χ2v) is 10.2. The third-order valence-corrected chi connectivity index (χ3v) is 6.77. The van der Waals surface area contributed by atoms with Crippen molar-refractivity contribution in [2.75, 3.05) is 5.32 Å². The molecule has 20 heteroatoms. The molecule has 3 aromatic rings. The molecule has 1 unspecified atom stereocenters. The number of nitrogens with one attached hydrogen (secondary N) is 1. The number of primary amides is 1. The van der Waals surface area contributed by atoms with E-state index in [9.17, 15) is 36.4 Å². The topological polar surface area (TPSA) is 252 Å². The molecule has 0 aliphatic rings. The highest BCUT2D eigenvalue weighted by Crippen LogP contribution is 2.37. The van der Waals surface area contributed by atoms with E-state index in [1.54, 1.807) is 0 Å². The van der Waals surface area contributed by atoms with Gasteiger partial charge >= 0.3 is 0 Å². The Morgan fingerprint density at radius 1 is 1.21 bits per heavy atom. The summed E-state index contributed by atoms with van der Waals surface area (Å²) in [5.41, 5.74) is 2.44. The summed E-state index contributed by atoms with van der Waals surface area (Å²) in [7, 11) is -5.06. The van der Waals surface area contributed by atoms with Gasteiger partial charge in [0, 0.05) is 12.1 Å². The predicted octanol–water partition coefficient (Wildman–Crippen LogP) is 2.46. The number of hydrogen-bond donors (Lipinski definition) is 5. The maximum Gasteiger partial charge on any atom is 0.296 e. The first kappa shape index (κ1) is 29.0. The lowest BCUT2D eigenvalue weighted by Gasteiger charge is -2.13. The Balaban J connectivity index is 2.29. The van der Waals surface area contributed by atoms with Crippen molar-refractivity contribution in [3.8, 4) is 5.88 Å². The zero-order valence-electron chi connectivity index (χ0n) is 19.1. The quantitative estimate of drug-likeness (QED) is 0.141. The second-order valence-electron chi connectivity index (χ2n) is 7.15.